The zero-order valence-corrected chi connectivity index (χ0v) is 6.34. The first-order valence-electron chi connectivity index (χ1n) is 3.02. The molecule has 0 N–H and O–H groups in total. The van der Waals surface area contributed by atoms with Gasteiger partial charge in [0.2, 0.25) is 0 Å². The molecular weight excluding hydrogens is 148 g/mol. The number of carbonyl (C=O) groups excluding carboxylic acids is 2. The maximum Gasteiger partial charge on any atom is 0.0678 e. The first-order chi connectivity index (χ1) is 4.95. The van der Waals surface area contributed by atoms with E-state index in [1.54, 1.807) is 0 Å². The second-order valence-corrected chi connectivity index (χ2v) is 2.31. The van der Waals surface area contributed by atoms with Crippen molar-refractivity contribution in [1.29, 1.82) is 0 Å². The molecule has 0 aliphatic carbocycles. The maximum atomic E-state index is 10.2. The van der Waals surface area contributed by atoms with Gasteiger partial charge in [-0.2, -0.15) is 0 Å². The normalized spacial score (nSPS) is 8.91. The SMILES string of the molecule is CC(C)=C(CC(=O)[O-])C(=O)[O-]. The molecule has 4 nitrogen and oxygen atoms in total. The Morgan fingerprint density at radius 2 is 1.64 bits per heavy atom. The quantitative estimate of drug-likeness (QED) is 0.452. The summed E-state index contributed by atoms with van der Waals surface area (Å²) in [5.74, 6) is -2.86. The zero-order chi connectivity index (χ0) is 9.02. The molecule has 0 aromatic heterocycles. The lowest BCUT2D eigenvalue weighted by atomic mass is 10.1. The van der Waals surface area contributed by atoms with E-state index < -0.39 is 18.4 Å². The van der Waals surface area contributed by atoms with Crippen LogP contribution in [0.1, 0.15) is 20.3 Å². The van der Waals surface area contributed by atoms with Gasteiger partial charge in [0.15, 0.2) is 0 Å². The van der Waals surface area contributed by atoms with Gasteiger partial charge in [-0.15, -0.1) is 0 Å². The Labute approximate surface area is 64.2 Å². The highest BCUT2D eigenvalue weighted by Crippen LogP contribution is 2.05. The van der Waals surface area contributed by atoms with E-state index in [-0.39, 0.29) is 5.57 Å². The molecule has 0 rings (SSSR count). The Kier molecular flexibility index (Phi) is 3.30. The number of hydrogen-bond acceptors (Lipinski definition) is 4. The van der Waals surface area contributed by atoms with Gasteiger partial charge in [-0.05, 0) is 19.4 Å². The van der Waals surface area contributed by atoms with Gasteiger partial charge in [-0.25, -0.2) is 0 Å². The van der Waals surface area contributed by atoms with E-state index in [2.05, 4.69) is 0 Å². The van der Waals surface area contributed by atoms with Crippen molar-refractivity contribution < 1.29 is 19.8 Å². The summed E-state index contributed by atoms with van der Waals surface area (Å²) in [6, 6.07) is 0. The van der Waals surface area contributed by atoms with E-state index in [4.69, 9.17) is 0 Å². The van der Waals surface area contributed by atoms with Gasteiger partial charge in [-0.1, -0.05) is 5.57 Å². The van der Waals surface area contributed by atoms with E-state index >= 15 is 0 Å². The molecule has 0 aromatic rings. The van der Waals surface area contributed by atoms with Gasteiger partial charge < -0.3 is 19.8 Å². The summed E-state index contributed by atoms with van der Waals surface area (Å²) in [5, 5.41) is 20.2. The lowest BCUT2D eigenvalue weighted by Gasteiger charge is -2.10. The molecule has 0 saturated carbocycles. The third kappa shape index (κ3) is 3.40. The van der Waals surface area contributed by atoms with Crippen molar-refractivity contribution in [2.24, 2.45) is 0 Å². The van der Waals surface area contributed by atoms with Crippen molar-refractivity contribution in [3.8, 4) is 0 Å². The predicted molar refractivity (Wildman–Crippen MR) is 33.0 cm³/mol. The van der Waals surface area contributed by atoms with E-state index in [9.17, 15) is 19.8 Å². The van der Waals surface area contributed by atoms with Crippen LogP contribution in [0.25, 0.3) is 0 Å². The summed E-state index contributed by atoms with van der Waals surface area (Å²) >= 11 is 0. The fourth-order valence-corrected chi connectivity index (χ4v) is 0.597. The molecule has 0 aliphatic heterocycles. The molecule has 0 bridgehead atoms. The van der Waals surface area contributed by atoms with Crippen molar-refractivity contribution in [3.05, 3.63) is 11.1 Å². The summed E-state index contributed by atoms with van der Waals surface area (Å²) < 4.78 is 0. The van der Waals surface area contributed by atoms with Gasteiger partial charge in [0, 0.05) is 12.4 Å². The molecule has 0 aromatic carbocycles. The highest BCUT2D eigenvalue weighted by atomic mass is 16.4. The highest BCUT2D eigenvalue weighted by Gasteiger charge is 2.00. The van der Waals surface area contributed by atoms with Crippen LogP contribution in [0.3, 0.4) is 0 Å². The maximum absolute atomic E-state index is 10.2. The first kappa shape index (κ1) is 9.68. The Bertz CT molecular complexity index is 210. The third-order valence-corrected chi connectivity index (χ3v) is 1.17. The van der Waals surface area contributed by atoms with Crippen LogP contribution >= 0.6 is 0 Å². The molecule has 11 heavy (non-hydrogen) atoms. The number of aliphatic carboxylic acids is 2. The van der Waals surface area contributed by atoms with E-state index in [1.807, 2.05) is 0 Å². The van der Waals surface area contributed by atoms with Crippen molar-refractivity contribution in [2.75, 3.05) is 0 Å². The van der Waals surface area contributed by atoms with E-state index in [0.717, 1.165) is 0 Å². The molecule has 0 unspecified atom stereocenters. The van der Waals surface area contributed by atoms with Crippen LogP contribution < -0.4 is 10.2 Å². The largest absolute Gasteiger partial charge is 0.550 e. The highest BCUT2D eigenvalue weighted by molar-refractivity contribution is 5.90. The minimum Gasteiger partial charge on any atom is -0.550 e. The van der Waals surface area contributed by atoms with Gasteiger partial charge in [0.05, 0.1) is 5.97 Å². The molecule has 0 saturated heterocycles. The van der Waals surface area contributed by atoms with Gasteiger partial charge in [-0.3, -0.25) is 0 Å². The average molecular weight is 156 g/mol. The van der Waals surface area contributed by atoms with Crippen molar-refractivity contribution in [3.63, 3.8) is 0 Å². The Hall–Kier alpha value is -1.32. The molecule has 0 amide bonds. The Balaban J connectivity index is 4.52. The fourth-order valence-electron chi connectivity index (χ4n) is 0.597. The third-order valence-electron chi connectivity index (χ3n) is 1.17. The molecule has 62 valence electrons. The van der Waals surface area contributed by atoms with Crippen LogP contribution in [0.5, 0.6) is 0 Å². The summed E-state index contributed by atoms with van der Waals surface area (Å²) in [4.78, 5) is 20.2. The minimum absolute atomic E-state index is 0.218. The molecule has 0 fully saturated rings. The van der Waals surface area contributed by atoms with Crippen molar-refractivity contribution in [2.45, 2.75) is 20.3 Å². The van der Waals surface area contributed by atoms with Crippen LogP contribution in [-0.4, -0.2) is 11.9 Å². The molecule has 0 spiro atoms. The lowest BCUT2D eigenvalue weighted by molar-refractivity contribution is -0.309. The topological polar surface area (TPSA) is 80.3 Å². The number of rotatable bonds is 3. The summed E-state index contributed by atoms with van der Waals surface area (Å²) in [7, 11) is 0. The lowest BCUT2D eigenvalue weighted by Crippen LogP contribution is -2.30. The molecule has 0 atom stereocenters. The standard InChI is InChI=1S/C7H10O4/c1-4(2)5(7(10)11)3-6(8)9/h3H2,1-2H3,(H,8,9)(H,10,11)/p-2. The number of carbonyl (C=O) groups is 2. The average Bonchev–Trinajstić information content (AvgIpc) is 1.81. The molecule has 0 heterocycles. The summed E-state index contributed by atoms with van der Waals surface area (Å²) in [6.45, 7) is 3.02. The fraction of sp³-hybridized carbons (Fsp3) is 0.429. The summed E-state index contributed by atoms with van der Waals surface area (Å²) in [5.41, 5.74) is 0.208. The number of carboxylic acid groups (broad SMARTS) is 2. The zero-order valence-electron chi connectivity index (χ0n) is 6.34. The molecule has 4 heteroatoms. The predicted octanol–water partition coefficient (Wildman–Crippen LogP) is -1.79. The van der Waals surface area contributed by atoms with Gasteiger partial charge in [0.25, 0.3) is 0 Å². The number of hydrogen-bond donors (Lipinski definition) is 0. The van der Waals surface area contributed by atoms with E-state index in [0.29, 0.717) is 5.57 Å². The Morgan fingerprint density at radius 1 is 1.18 bits per heavy atom. The van der Waals surface area contributed by atoms with E-state index in [1.165, 1.54) is 13.8 Å². The molecule has 0 radical (unpaired) electrons. The van der Waals surface area contributed by atoms with Crippen LogP contribution in [0, 0.1) is 0 Å². The number of allylic oxidation sites excluding steroid dienone is 1. The molecule has 0 aliphatic rings. The number of carboxylic acids is 2. The van der Waals surface area contributed by atoms with Gasteiger partial charge in [0.1, 0.15) is 0 Å². The first-order valence-corrected chi connectivity index (χ1v) is 3.02. The van der Waals surface area contributed by atoms with Crippen LogP contribution in [0.15, 0.2) is 11.1 Å². The van der Waals surface area contributed by atoms with Crippen LogP contribution in [-0.2, 0) is 9.59 Å². The van der Waals surface area contributed by atoms with Crippen molar-refractivity contribution >= 4 is 11.9 Å². The second kappa shape index (κ2) is 3.75. The van der Waals surface area contributed by atoms with Gasteiger partial charge >= 0.3 is 0 Å². The second-order valence-electron chi connectivity index (χ2n) is 2.31. The minimum atomic E-state index is -1.45. The van der Waals surface area contributed by atoms with Crippen LogP contribution in [0.4, 0.5) is 0 Å². The Morgan fingerprint density at radius 3 is 1.73 bits per heavy atom. The monoisotopic (exact) mass is 156 g/mol. The summed E-state index contributed by atoms with van der Waals surface area (Å²) in [6.07, 6.45) is -0.593. The smallest absolute Gasteiger partial charge is 0.0678 e. The molecular formula is C7H8O4-2. The van der Waals surface area contributed by atoms with Crippen molar-refractivity contribution in [1.82, 2.24) is 0 Å². The van der Waals surface area contributed by atoms with Crippen LogP contribution in [0.2, 0.25) is 0 Å².